The summed E-state index contributed by atoms with van der Waals surface area (Å²) in [6, 6.07) is 8.25. The van der Waals surface area contributed by atoms with E-state index < -0.39 is 0 Å². The molecule has 0 spiro atoms. The minimum absolute atomic E-state index is 0.159. The molecule has 0 unspecified atom stereocenters. The molecule has 0 aromatic heterocycles. The van der Waals surface area contributed by atoms with Gasteiger partial charge in [0, 0.05) is 31.6 Å². The summed E-state index contributed by atoms with van der Waals surface area (Å²) < 4.78 is 9.94. The van der Waals surface area contributed by atoms with Crippen molar-refractivity contribution in [2.24, 2.45) is 0 Å². The number of rotatable bonds is 11. The van der Waals surface area contributed by atoms with Crippen LogP contribution in [0.25, 0.3) is 0 Å². The molecular formula is C19H29NO4. The van der Waals surface area contributed by atoms with Crippen molar-refractivity contribution in [1.82, 2.24) is 0 Å². The van der Waals surface area contributed by atoms with Gasteiger partial charge >= 0.3 is 11.9 Å². The van der Waals surface area contributed by atoms with Gasteiger partial charge in [-0.25, -0.2) is 0 Å². The molecule has 5 nitrogen and oxygen atoms in total. The maximum Gasteiger partial charge on any atom is 0.305 e. The molecule has 0 aliphatic carbocycles. The van der Waals surface area contributed by atoms with Crippen LogP contribution in [0.3, 0.4) is 0 Å². The third kappa shape index (κ3) is 7.99. The van der Waals surface area contributed by atoms with Crippen molar-refractivity contribution in [3.63, 3.8) is 0 Å². The van der Waals surface area contributed by atoms with Gasteiger partial charge in [-0.15, -0.1) is 0 Å². The zero-order valence-corrected chi connectivity index (χ0v) is 15.0. The molecule has 1 rings (SSSR count). The van der Waals surface area contributed by atoms with E-state index in [-0.39, 0.29) is 11.9 Å². The average Bonchev–Trinajstić information content (AvgIpc) is 2.54. The lowest BCUT2D eigenvalue weighted by Gasteiger charge is -2.25. The van der Waals surface area contributed by atoms with Crippen molar-refractivity contribution in [3.05, 3.63) is 29.8 Å². The van der Waals surface area contributed by atoms with E-state index in [9.17, 15) is 9.59 Å². The fourth-order valence-electron chi connectivity index (χ4n) is 2.49. The summed E-state index contributed by atoms with van der Waals surface area (Å²) in [7, 11) is 0. The monoisotopic (exact) mass is 335 g/mol. The number of hydrogen-bond acceptors (Lipinski definition) is 5. The van der Waals surface area contributed by atoms with E-state index in [1.807, 2.05) is 19.9 Å². The summed E-state index contributed by atoms with van der Waals surface area (Å²) in [5.41, 5.74) is 2.30. The number of nitrogens with zero attached hydrogens (tertiary/aromatic N) is 1. The Bertz CT molecular complexity index is 492. The van der Waals surface area contributed by atoms with Crippen LogP contribution in [0.4, 0.5) is 5.69 Å². The minimum atomic E-state index is -0.159. The highest BCUT2D eigenvalue weighted by Crippen LogP contribution is 2.17. The second-order valence-corrected chi connectivity index (χ2v) is 5.64. The van der Waals surface area contributed by atoms with Crippen molar-refractivity contribution >= 4 is 17.6 Å². The second-order valence-electron chi connectivity index (χ2n) is 5.64. The van der Waals surface area contributed by atoms with Crippen LogP contribution in [0, 0.1) is 6.92 Å². The number of anilines is 1. The SMILES string of the molecule is CCOC(=O)CCCN(CCCC(=O)OCC)c1cccc(C)c1. The Balaban J connectivity index is 2.56. The number of hydrogen-bond donors (Lipinski definition) is 0. The standard InChI is InChI=1S/C19H29NO4/c1-4-23-18(21)11-7-13-20(14-8-12-19(22)24-5-2)17-10-6-9-16(3)15-17/h6,9-10,15H,4-5,7-8,11-14H2,1-3H3. The van der Waals surface area contributed by atoms with Crippen LogP contribution >= 0.6 is 0 Å². The first-order valence-corrected chi connectivity index (χ1v) is 8.69. The highest BCUT2D eigenvalue weighted by Gasteiger charge is 2.10. The van der Waals surface area contributed by atoms with Crippen molar-refractivity contribution < 1.29 is 19.1 Å². The molecule has 0 aliphatic heterocycles. The van der Waals surface area contributed by atoms with Crippen LogP contribution in [-0.2, 0) is 19.1 Å². The molecule has 0 saturated heterocycles. The molecule has 0 N–H and O–H groups in total. The van der Waals surface area contributed by atoms with E-state index in [2.05, 4.69) is 30.0 Å². The van der Waals surface area contributed by atoms with Gasteiger partial charge in [0.25, 0.3) is 0 Å². The molecule has 134 valence electrons. The van der Waals surface area contributed by atoms with Crippen molar-refractivity contribution in [2.45, 2.75) is 46.5 Å². The molecule has 0 aliphatic rings. The normalized spacial score (nSPS) is 10.3. The van der Waals surface area contributed by atoms with Gasteiger partial charge in [0.1, 0.15) is 0 Å². The molecule has 0 atom stereocenters. The maximum atomic E-state index is 11.5. The van der Waals surface area contributed by atoms with E-state index in [0.29, 0.717) is 26.1 Å². The third-order valence-electron chi connectivity index (χ3n) is 3.60. The number of esters is 2. The Hall–Kier alpha value is -2.04. The number of carbonyl (C=O) groups is 2. The molecule has 0 radical (unpaired) electrons. The second kappa shape index (κ2) is 11.5. The summed E-state index contributed by atoms with van der Waals surface area (Å²) in [6.07, 6.45) is 2.28. The van der Waals surface area contributed by atoms with E-state index >= 15 is 0 Å². The van der Waals surface area contributed by atoms with Crippen molar-refractivity contribution in [2.75, 3.05) is 31.2 Å². The Morgan fingerprint density at radius 3 is 1.96 bits per heavy atom. The summed E-state index contributed by atoms with van der Waals surface area (Å²) in [5, 5.41) is 0. The first-order chi connectivity index (χ1) is 11.6. The Morgan fingerprint density at radius 1 is 0.958 bits per heavy atom. The molecular weight excluding hydrogens is 306 g/mol. The summed E-state index contributed by atoms with van der Waals surface area (Å²) in [6.45, 7) is 8.02. The predicted octanol–water partition coefficient (Wildman–Crippen LogP) is 3.49. The van der Waals surface area contributed by atoms with Gasteiger partial charge in [-0.3, -0.25) is 9.59 Å². The molecule has 1 aromatic rings. The van der Waals surface area contributed by atoms with Crippen LogP contribution in [0.1, 0.15) is 45.1 Å². The molecule has 0 saturated carbocycles. The maximum absolute atomic E-state index is 11.5. The van der Waals surface area contributed by atoms with Gasteiger partial charge in [-0.2, -0.15) is 0 Å². The van der Waals surface area contributed by atoms with Crippen LogP contribution in [0.5, 0.6) is 0 Å². The van der Waals surface area contributed by atoms with Gasteiger partial charge in [0.2, 0.25) is 0 Å². The third-order valence-corrected chi connectivity index (χ3v) is 3.60. The molecule has 1 aromatic carbocycles. The van der Waals surface area contributed by atoms with Crippen LogP contribution in [0.15, 0.2) is 24.3 Å². The van der Waals surface area contributed by atoms with E-state index in [4.69, 9.17) is 9.47 Å². The summed E-state index contributed by atoms with van der Waals surface area (Å²) in [5.74, 6) is -0.318. The highest BCUT2D eigenvalue weighted by atomic mass is 16.5. The summed E-state index contributed by atoms with van der Waals surface area (Å²) >= 11 is 0. The molecule has 0 fully saturated rings. The fourth-order valence-corrected chi connectivity index (χ4v) is 2.49. The molecule has 0 bridgehead atoms. The topological polar surface area (TPSA) is 55.8 Å². The van der Waals surface area contributed by atoms with E-state index in [1.54, 1.807) is 0 Å². The lowest BCUT2D eigenvalue weighted by Crippen LogP contribution is -2.27. The van der Waals surface area contributed by atoms with Crippen LogP contribution in [-0.4, -0.2) is 38.2 Å². The Morgan fingerprint density at radius 2 is 1.50 bits per heavy atom. The zero-order valence-electron chi connectivity index (χ0n) is 15.0. The Kier molecular flexibility index (Phi) is 9.58. The van der Waals surface area contributed by atoms with Gasteiger partial charge < -0.3 is 14.4 Å². The number of aryl methyl sites for hydroxylation is 1. The molecule has 0 amide bonds. The predicted molar refractivity (Wildman–Crippen MR) is 95.1 cm³/mol. The van der Waals surface area contributed by atoms with E-state index in [1.165, 1.54) is 5.56 Å². The van der Waals surface area contributed by atoms with Crippen molar-refractivity contribution in [1.29, 1.82) is 0 Å². The molecule has 0 heterocycles. The summed E-state index contributed by atoms with van der Waals surface area (Å²) in [4.78, 5) is 25.2. The quantitative estimate of drug-likeness (QED) is 0.579. The lowest BCUT2D eigenvalue weighted by atomic mass is 10.1. The Labute approximate surface area is 144 Å². The molecule has 5 heteroatoms. The largest absolute Gasteiger partial charge is 0.466 e. The number of carbonyl (C=O) groups excluding carboxylic acids is 2. The first-order valence-electron chi connectivity index (χ1n) is 8.69. The van der Waals surface area contributed by atoms with Gasteiger partial charge in [0.15, 0.2) is 0 Å². The van der Waals surface area contributed by atoms with Crippen molar-refractivity contribution in [3.8, 4) is 0 Å². The first kappa shape index (κ1) is 20.0. The number of benzene rings is 1. The van der Waals surface area contributed by atoms with Gasteiger partial charge in [-0.1, -0.05) is 12.1 Å². The highest BCUT2D eigenvalue weighted by molar-refractivity contribution is 5.69. The fraction of sp³-hybridized carbons (Fsp3) is 0.579. The molecule has 24 heavy (non-hydrogen) atoms. The number of ether oxygens (including phenoxy) is 2. The lowest BCUT2D eigenvalue weighted by molar-refractivity contribution is -0.144. The minimum Gasteiger partial charge on any atom is -0.466 e. The van der Waals surface area contributed by atoms with Gasteiger partial charge in [-0.05, 0) is 51.3 Å². The van der Waals surface area contributed by atoms with Crippen LogP contribution in [0.2, 0.25) is 0 Å². The zero-order chi connectivity index (χ0) is 17.8. The van der Waals surface area contributed by atoms with E-state index in [0.717, 1.165) is 31.6 Å². The smallest absolute Gasteiger partial charge is 0.305 e. The average molecular weight is 335 g/mol. The van der Waals surface area contributed by atoms with Crippen LogP contribution < -0.4 is 4.90 Å². The van der Waals surface area contributed by atoms with Gasteiger partial charge in [0.05, 0.1) is 13.2 Å².